The molecule has 0 saturated carbocycles. The number of rotatable bonds is 3. The van der Waals surface area contributed by atoms with Crippen molar-refractivity contribution in [2.45, 2.75) is 20.3 Å². The Balaban J connectivity index is 2.50. The van der Waals surface area contributed by atoms with E-state index in [0.717, 1.165) is 17.9 Å². The van der Waals surface area contributed by atoms with Gasteiger partial charge in [-0.05, 0) is 25.1 Å². The summed E-state index contributed by atoms with van der Waals surface area (Å²) >= 11 is 6.19. The number of benzene rings is 1. The van der Waals surface area contributed by atoms with Gasteiger partial charge in [-0.3, -0.25) is 4.79 Å². The fraction of sp³-hybridized carbons (Fsp3) is 0.231. The minimum Gasteiger partial charge on any atom is -0.302 e. The van der Waals surface area contributed by atoms with Crippen molar-refractivity contribution in [3.05, 3.63) is 47.0 Å². The lowest BCUT2D eigenvalue weighted by Crippen LogP contribution is -2.01. The van der Waals surface area contributed by atoms with Crippen LogP contribution in [-0.2, 0) is 6.42 Å². The molecular weight excluding hydrogens is 236 g/mol. The van der Waals surface area contributed by atoms with Gasteiger partial charge in [-0.2, -0.15) is 0 Å². The quantitative estimate of drug-likeness (QED) is 0.782. The Labute approximate surface area is 105 Å². The van der Waals surface area contributed by atoms with Crippen molar-refractivity contribution < 1.29 is 4.79 Å². The highest BCUT2D eigenvalue weighted by Gasteiger charge is 2.09. The molecule has 1 aromatic heterocycles. The molecule has 0 aliphatic rings. The summed E-state index contributed by atoms with van der Waals surface area (Å²) < 4.78 is 1.94. The van der Waals surface area contributed by atoms with E-state index in [9.17, 15) is 4.79 Å². The average molecular weight is 249 g/mol. The predicted molar refractivity (Wildman–Crippen MR) is 68.0 cm³/mol. The van der Waals surface area contributed by atoms with Crippen LogP contribution in [0, 0.1) is 0 Å². The van der Waals surface area contributed by atoms with Gasteiger partial charge in [0.2, 0.25) is 0 Å². The Kier molecular flexibility index (Phi) is 3.29. The molecule has 0 amide bonds. The van der Waals surface area contributed by atoms with Crippen LogP contribution in [0.5, 0.6) is 0 Å². The fourth-order valence-electron chi connectivity index (χ4n) is 1.74. The number of ketones is 1. The molecule has 0 spiro atoms. The second kappa shape index (κ2) is 4.72. The molecule has 88 valence electrons. The summed E-state index contributed by atoms with van der Waals surface area (Å²) in [6.45, 7) is 3.57. The smallest absolute Gasteiger partial charge is 0.159 e. The number of aromatic nitrogens is 2. The molecule has 0 atom stereocenters. The van der Waals surface area contributed by atoms with Gasteiger partial charge in [-0.15, -0.1) is 0 Å². The Morgan fingerprint density at radius 1 is 1.47 bits per heavy atom. The molecule has 17 heavy (non-hydrogen) atoms. The number of aryl methyl sites for hydroxylation is 1. The van der Waals surface area contributed by atoms with Gasteiger partial charge in [0.15, 0.2) is 5.78 Å². The van der Waals surface area contributed by atoms with Gasteiger partial charge < -0.3 is 4.57 Å². The van der Waals surface area contributed by atoms with Crippen molar-refractivity contribution in [1.29, 1.82) is 0 Å². The highest BCUT2D eigenvalue weighted by Crippen LogP contribution is 2.23. The van der Waals surface area contributed by atoms with Gasteiger partial charge in [-0.25, -0.2) is 4.98 Å². The van der Waals surface area contributed by atoms with E-state index in [4.69, 9.17) is 11.6 Å². The number of hydrogen-bond acceptors (Lipinski definition) is 2. The summed E-state index contributed by atoms with van der Waals surface area (Å²) in [6.07, 6.45) is 4.44. The number of hydrogen-bond donors (Lipinski definition) is 0. The molecule has 0 N–H and O–H groups in total. The van der Waals surface area contributed by atoms with E-state index in [1.54, 1.807) is 18.3 Å². The number of carbonyl (C=O) groups is 1. The molecule has 2 aromatic rings. The first-order valence-corrected chi connectivity index (χ1v) is 5.84. The lowest BCUT2D eigenvalue weighted by atomic mass is 10.1. The van der Waals surface area contributed by atoms with Crippen LogP contribution in [0.25, 0.3) is 5.69 Å². The van der Waals surface area contributed by atoms with Gasteiger partial charge in [0, 0.05) is 24.4 Å². The van der Waals surface area contributed by atoms with Crippen molar-refractivity contribution in [1.82, 2.24) is 9.55 Å². The summed E-state index contributed by atoms with van der Waals surface area (Å²) in [5, 5.41) is 0.561. The molecule has 4 heteroatoms. The van der Waals surface area contributed by atoms with Crippen LogP contribution in [0.2, 0.25) is 5.02 Å². The summed E-state index contributed by atoms with van der Waals surface area (Å²) in [5.41, 5.74) is 1.47. The van der Waals surface area contributed by atoms with Crippen LogP contribution >= 0.6 is 11.6 Å². The molecular formula is C13H13ClN2O. The number of carbonyl (C=O) groups excluding carboxylic acids is 1. The minimum absolute atomic E-state index is 0.0137. The van der Waals surface area contributed by atoms with Crippen molar-refractivity contribution in [2.75, 3.05) is 0 Å². The third-order valence-electron chi connectivity index (χ3n) is 2.65. The zero-order valence-corrected chi connectivity index (χ0v) is 10.5. The summed E-state index contributed by atoms with van der Waals surface area (Å²) in [6, 6.07) is 5.32. The van der Waals surface area contributed by atoms with Crippen LogP contribution in [-0.4, -0.2) is 15.3 Å². The lowest BCUT2D eigenvalue weighted by molar-refractivity contribution is 0.101. The Bertz CT molecular complexity index is 560. The SMILES string of the molecule is CCc1nccn1-c1ccc(C(C)=O)cc1Cl. The first-order chi connectivity index (χ1) is 8.13. The molecule has 2 rings (SSSR count). The maximum absolute atomic E-state index is 11.2. The second-order valence-electron chi connectivity index (χ2n) is 3.79. The van der Waals surface area contributed by atoms with Crippen LogP contribution in [0.1, 0.15) is 30.0 Å². The third-order valence-corrected chi connectivity index (χ3v) is 2.95. The summed E-state index contributed by atoms with van der Waals surface area (Å²) in [5.74, 6) is 0.960. The zero-order chi connectivity index (χ0) is 12.4. The monoisotopic (exact) mass is 248 g/mol. The van der Waals surface area contributed by atoms with Gasteiger partial charge >= 0.3 is 0 Å². The van der Waals surface area contributed by atoms with Crippen molar-refractivity contribution in [3.8, 4) is 5.69 Å². The highest BCUT2D eigenvalue weighted by molar-refractivity contribution is 6.32. The van der Waals surface area contributed by atoms with E-state index in [1.807, 2.05) is 23.8 Å². The van der Waals surface area contributed by atoms with Crippen molar-refractivity contribution in [2.24, 2.45) is 0 Å². The Morgan fingerprint density at radius 2 is 2.24 bits per heavy atom. The molecule has 0 saturated heterocycles. The van der Waals surface area contributed by atoms with Gasteiger partial charge in [0.25, 0.3) is 0 Å². The lowest BCUT2D eigenvalue weighted by Gasteiger charge is -2.09. The van der Waals surface area contributed by atoms with Crippen molar-refractivity contribution >= 4 is 17.4 Å². The van der Waals surface area contributed by atoms with Crippen LogP contribution < -0.4 is 0 Å². The number of Topliss-reactive ketones (excluding diaryl/α,β-unsaturated/α-hetero) is 1. The molecule has 0 fully saturated rings. The average Bonchev–Trinajstić information content (AvgIpc) is 2.76. The standard InChI is InChI=1S/C13H13ClN2O/c1-3-13-15-6-7-16(13)12-5-4-10(9(2)17)8-11(12)14/h4-8H,3H2,1-2H3. The zero-order valence-electron chi connectivity index (χ0n) is 9.77. The summed E-state index contributed by atoms with van der Waals surface area (Å²) in [4.78, 5) is 15.5. The molecule has 0 radical (unpaired) electrons. The summed E-state index contributed by atoms with van der Waals surface area (Å²) in [7, 11) is 0. The van der Waals surface area contributed by atoms with E-state index < -0.39 is 0 Å². The fourth-order valence-corrected chi connectivity index (χ4v) is 2.01. The van der Waals surface area contributed by atoms with E-state index in [0.29, 0.717) is 10.6 Å². The van der Waals surface area contributed by atoms with Crippen LogP contribution in [0.15, 0.2) is 30.6 Å². The third kappa shape index (κ3) is 2.24. The minimum atomic E-state index is 0.0137. The van der Waals surface area contributed by atoms with Gasteiger partial charge in [0.1, 0.15) is 5.82 Å². The van der Waals surface area contributed by atoms with E-state index in [-0.39, 0.29) is 5.78 Å². The van der Waals surface area contributed by atoms with E-state index in [1.165, 1.54) is 6.92 Å². The van der Waals surface area contributed by atoms with Crippen LogP contribution in [0.4, 0.5) is 0 Å². The molecule has 3 nitrogen and oxygen atoms in total. The van der Waals surface area contributed by atoms with Crippen LogP contribution in [0.3, 0.4) is 0 Å². The number of nitrogens with zero attached hydrogens (tertiary/aromatic N) is 2. The molecule has 0 aliphatic carbocycles. The molecule has 0 bridgehead atoms. The largest absolute Gasteiger partial charge is 0.302 e. The predicted octanol–water partition coefficient (Wildman–Crippen LogP) is 3.29. The normalized spacial score (nSPS) is 10.5. The molecule has 0 aliphatic heterocycles. The maximum Gasteiger partial charge on any atom is 0.159 e. The van der Waals surface area contributed by atoms with Crippen molar-refractivity contribution in [3.63, 3.8) is 0 Å². The van der Waals surface area contributed by atoms with E-state index >= 15 is 0 Å². The molecule has 1 aromatic carbocycles. The Morgan fingerprint density at radius 3 is 2.82 bits per heavy atom. The second-order valence-corrected chi connectivity index (χ2v) is 4.20. The van der Waals surface area contributed by atoms with Gasteiger partial charge in [0.05, 0.1) is 10.7 Å². The highest BCUT2D eigenvalue weighted by atomic mass is 35.5. The van der Waals surface area contributed by atoms with Gasteiger partial charge in [-0.1, -0.05) is 18.5 Å². The number of halogens is 1. The first kappa shape index (κ1) is 11.9. The van der Waals surface area contributed by atoms with E-state index in [2.05, 4.69) is 4.98 Å². The maximum atomic E-state index is 11.2. The topological polar surface area (TPSA) is 34.9 Å². The molecule has 1 heterocycles. The molecule has 0 unspecified atom stereocenters. The first-order valence-electron chi connectivity index (χ1n) is 5.46. The Hall–Kier alpha value is -1.61. The number of imidazole rings is 1.